The SMILES string of the molecule is Cc1ccc(O)c(C=Nc2ccccc2)c1.[Cl][Zr][Cl]. The van der Waals surface area contributed by atoms with E-state index in [1.165, 1.54) is 0 Å². The van der Waals surface area contributed by atoms with Crippen LogP contribution in [0.4, 0.5) is 5.69 Å². The quantitative estimate of drug-likeness (QED) is 0.752. The van der Waals surface area contributed by atoms with Crippen molar-refractivity contribution in [3.8, 4) is 5.75 Å². The Balaban J connectivity index is 0.000000550. The van der Waals surface area contributed by atoms with Crippen LogP contribution in [0.5, 0.6) is 5.75 Å². The fourth-order valence-corrected chi connectivity index (χ4v) is 1.44. The fraction of sp³-hybridized carbons (Fsp3) is 0.0714. The monoisotopic (exact) mass is 371 g/mol. The van der Waals surface area contributed by atoms with E-state index in [4.69, 9.17) is 17.0 Å². The summed E-state index contributed by atoms with van der Waals surface area (Å²) in [5, 5.41) is 9.62. The zero-order valence-corrected chi connectivity index (χ0v) is 14.3. The number of aromatic hydroxyl groups is 1. The van der Waals surface area contributed by atoms with Crippen molar-refractivity contribution in [2.24, 2.45) is 4.99 Å². The van der Waals surface area contributed by atoms with Gasteiger partial charge in [-0.05, 0) is 31.2 Å². The molecule has 2 aromatic rings. The number of benzene rings is 2. The zero-order chi connectivity index (χ0) is 14.1. The molecule has 0 unspecified atom stereocenters. The topological polar surface area (TPSA) is 32.6 Å². The summed E-state index contributed by atoms with van der Waals surface area (Å²) in [6, 6.07) is 15.1. The summed E-state index contributed by atoms with van der Waals surface area (Å²) in [7, 11) is 9.87. The molecule has 2 rings (SSSR count). The number of hydrogen-bond acceptors (Lipinski definition) is 2. The molecule has 0 fully saturated rings. The molecule has 98 valence electrons. The first-order chi connectivity index (χ1) is 9.17. The van der Waals surface area contributed by atoms with E-state index in [0.29, 0.717) is 0 Å². The molecule has 0 saturated heterocycles. The summed E-state index contributed by atoms with van der Waals surface area (Å²) in [4.78, 5) is 4.29. The number of phenols is 1. The van der Waals surface area contributed by atoms with Gasteiger partial charge >= 0.3 is 37.9 Å². The van der Waals surface area contributed by atoms with Crippen LogP contribution in [0.2, 0.25) is 0 Å². The summed E-state index contributed by atoms with van der Waals surface area (Å²) in [6.45, 7) is 1.99. The second-order valence-electron chi connectivity index (χ2n) is 3.73. The normalized spacial score (nSPS) is 9.84. The van der Waals surface area contributed by atoms with Gasteiger partial charge in [-0.25, -0.2) is 0 Å². The van der Waals surface area contributed by atoms with Crippen LogP contribution in [0.1, 0.15) is 11.1 Å². The summed E-state index contributed by atoms with van der Waals surface area (Å²) in [5.74, 6) is 0.255. The molecule has 0 bridgehead atoms. The molecule has 2 nitrogen and oxygen atoms in total. The number of phenolic OH excluding ortho intramolecular Hbond substituents is 1. The van der Waals surface area contributed by atoms with Gasteiger partial charge in [0.25, 0.3) is 0 Å². The molecule has 0 atom stereocenters. The van der Waals surface area contributed by atoms with Crippen LogP contribution in [0.15, 0.2) is 53.5 Å². The Morgan fingerprint density at radius 1 is 1.11 bits per heavy atom. The summed E-state index contributed by atoms with van der Waals surface area (Å²) in [5.41, 5.74) is 2.72. The van der Waals surface area contributed by atoms with Crippen molar-refractivity contribution >= 4 is 28.9 Å². The number of rotatable bonds is 2. The van der Waals surface area contributed by atoms with Crippen molar-refractivity contribution in [3.05, 3.63) is 59.7 Å². The standard InChI is InChI=1S/C14H13NO.2ClH.Zr/c1-11-7-8-14(16)12(9-11)10-15-13-5-3-2-4-6-13;;;/h2-10,16H,1H3;2*1H;/q;;;+2/p-2. The van der Waals surface area contributed by atoms with E-state index in [1.54, 1.807) is 12.3 Å². The molecular formula is C14H13Cl2NOZr. The van der Waals surface area contributed by atoms with Gasteiger partial charge in [0.1, 0.15) is 5.75 Å². The first-order valence-corrected chi connectivity index (χ1v) is 11.9. The van der Waals surface area contributed by atoms with Gasteiger partial charge in [0.2, 0.25) is 0 Å². The van der Waals surface area contributed by atoms with Crippen LogP contribution in [0.3, 0.4) is 0 Å². The van der Waals surface area contributed by atoms with Gasteiger partial charge < -0.3 is 5.11 Å². The number of halogens is 2. The van der Waals surface area contributed by atoms with Crippen LogP contribution in [0.25, 0.3) is 0 Å². The Hall–Kier alpha value is -0.627. The number of para-hydroxylation sites is 1. The molecule has 1 N–H and O–H groups in total. The van der Waals surface area contributed by atoms with Crippen LogP contribution in [-0.2, 0) is 20.8 Å². The van der Waals surface area contributed by atoms with Gasteiger partial charge in [0, 0.05) is 11.8 Å². The predicted molar refractivity (Wildman–Crippen MR) is 78.2 cm³/mol. The maximum atomic E-state index is 9.62. The zero-order valence-electron chi connectivity index (χ0n) is 10.3. The molecular weight excluding hydrogens is 360 g/mol. The average Bonchev–Trinajstić information content (AvgIpc) is 2.42. The Labute approximate surface area is 131 Å². The molecule has 0 spiro atoms. The molecule has 0 aliphatic carbocycles. The predicted octanol–water partition coefficient (Wildman–Crippen LogP) is 4.83. The van der Waals surface area contributed by atoms with Gasteiger partial charge in [-0.15, -0.1) is 0 Å². The van der Waals surface area contributed by atoms with Crippen LogP contribution >= 0.6 is 17.0 Å². The van der Waals surface area contributed by atoms with Crippen molar-refractivity contribution in [2.75, 3.05) is 0 Å². The molecule has 0 heterocycles. The van der Waals surface area contributed by atoms with Crippen LogP contribution in [0, 0.1) is 6.92 Å². The molecule has 0 amide bonds. The van der Waals surface area contributed by atoms with E-state index in [0.717, 1.165) is 16.8 Å². The van der Waals surface area contributed by atoms with Crippen LogP contribution in [-0.4, -0.2) is 11.3 Å². The molecule has 0 aliphatic heterocycles. The Kier molecular flexibility index (Phi) is 8.04. The van der Waals surface area contributed by atoms with Gasteiger partial charge in [-0.3, -0.25) is 4.99 Å². The van der Waals surface area contributed by atoms with Gasteiger partial charge in [-0.2, -0.15) is 0 Å². The molecule has 5 heteroatoms. The van der Waals surface area contributed by atoms with Crippen molar-refractivity contribution in [1.29, 1.82) is 0 Å². The van der Waals surface area contributed by atoms with E-state index < -0.39 is 20.8 Å². The van der Waals surface area contributed by atoms with E-state index in [-0.39, 0.29) is 5.75 Å². The third kappa shape index (κ3) is 6.38. The molecule has 0 saturated carbocycles. The molecule has 0 aliphatic rings. The molecule has 0 aromatic heterocycles. The Bertz CT molecular complexity index is 532. The minimum absolute atomic E-state index is 0.255. The molecule has 19 heavy (non-hydrogen) atoms. The Morgan fingerprint density at radius 2 is 1.74 bits per heavy atom. The van der Waals surface area contributed by atoms with Crippen molar-refractivity contribution in [3.63, 3.8) is 0 Å². The second kappa shape index (κ2) is 9.30. The molecule has 2 aromatic carbocycles. The summed E-state index contributed by atoms with van der Waals surface area (Å²) < 4.78 is 0. The average molecular weight is 373 g/mol. The fourth-order valence-electron chi connectivity index (χ4n) is 1.44. The van der Waals surface area contributed by atoms with E-state index in [9.17, 15) is 5.11 Å². The number of hydrogen-bond donors (Lipinski definition) is 1. The number of aryl methyl sites for hydroxylation is 1. The Morgan fingerprint density at radius 3 is 2.37 bits per heavy atom. The maximum absolute atomic E-state index is 9.62. The van der Waals surface area contributed by atoms with Crippen molar-refractivity contribution < 1.29 is 26.0 Å². The first-order valence-electron chi connectivity index (χ1n) is 5.52. The van der Waals surface area contributed by atoms with E-state index >= 15 is 0 Å². The second-order valence-corrected chi connectivity index (χ2v) is 7.46. The summed E-state index contributed by atoms with van der Waals surface area (Å²) in [6.07, 6.45) is 1.68. The van der Waals surface area contributed by atoms with Crippen molar-refractivity contribution in [2.45, 2.75) is 6.92 Å². The first kappa shape index (κ1) is 16.4. The third-order valence-electron chi connectivity index (χ3n) is 2.29. The van der Waals surface area contributed by atoms with Crippen LogP contribution < -0.4 is 0 Å². The number of aliphatic imine (C=N–C) groups is 1. The molecule has 0 radical (unpaired) electrons. The van der Waals surface area contributed by atoms with Gasteiger partial charge in [-0.1, -0.05) is 29.8 Å². The van der Waals surface area contributed by atoms with E-state index in [1.807, 2.05) is 49.4 Å². The van der Waals surface area contributed by atoms with E-state index in [2.05, 4.69) is 4.99 Å². The van der Waals surface area contributed by atoms with Gasteiger partial charge in [0.05, 0.1) is 5.69 Å². The summed E-state index contributed by atoms with van der Waals surface area (Å²) >= 11 is -0.826. The minimum atomic E-state index is -0.826. The van der Waals surface area contributed by atoms with Crippen molar-refractivity contribution in [1.82, 2.24) is 0 Å². The number of nitrogens with zero attached hydrogens (tertiary/aromatic N) is 1. The van der Waals surface area contributed by atoms with Gasteiger partial charge in [0.15, 0.2) is 0 Å². The third-order valence-corrected chi connectivity index (χ3v) is 2.29.